The lowest BCUT2D eigenvalue weighted by molar-refractivity contribution is -0.140. The van der Waals surface area contributed by atoms with E-state index < -0.39 is 17.9 Å². The minimum atomic E-state index is -1.04. The smallest absolute Gasteiger partial charge is 0.327 e. The fraction of sp³-hybridized carbons (Fsp3) is 0.333. The molecule has 18 heavy (non-hydrogen) atoms. The summed E-state index contributed by atoms with van der Waals surface area (Å²) in [6.45, 7) is 0. The Balaban J connectivity index is 2.31. The molecule has 1 amide bonds. The van der Waals surface area contributed by atoms with Crippen molar-refractivity contribution in [2.24, 2.45) is 0 Å². The van der Waals surface area contributed by atoms with Crippen molar-refractivity contribution >= 4 is 46.8 Å². The number of thioether (sulfide) groups is 1. The summed E-state index contributed by atoms with van der Waals surface area (Å²) in [5, 5.41) is 16.0. The van der Waals surface area contributed by atoms with Gasteiger partial charge in [0, 0.05) is 5.75 Å². The Hall–Kier alpha value is -1.05. The SMILES string of the molecule is O=C(O)[C@@H]1CSCN1C(=O)c1cc(Cl)nnc1Cl. The van der Waals surface area contributed by atoms with Gasteiger partial charge in [-0.25, -0.2) is 4.79 Å². The lowest BCUT2D eigenvalue weighted by Crippen LogP contribution is -2.41. The summed E-state index contributed by atoms with van der Waals surface area (Å²) in [6.07, 6.45) is 0. The van der Waals surface area contributed by atoms with Crippen LogP contribution in [-0.2, 0) is 4.79 Å². The maximum atomic E-state index is 12.2. The summed E-state index contributed by atoms with van der Waals surface area (Å²) in [5.41, 5.74) is 0.0606. The van der Waals surface area contributed by atoms with Gasteiger partial charge in [-0.2, -0.15) is 0 Å². The monoisotopic (exact) mass is 307 g/mol. The maximum Gasteiger partial charge on any atom is 0.327 e. The van der Waals surface area contributed by atoms with Crippen LogP contribution in [0.25, 0.3) is 0 Å². The Morgan fingerprint density at radius 1 is 1.44 bits per heavy atom. The largest absolute Gasteiger partial charge is 0.480 e. The zero-order valence-electron chi connectivity index (χ0n) is 8.84. The molecule has 1 aliphatic heterocycles. The first-order valence-electron chi connectivity index (χ1n) is 4.81. The van der Waals surface area contributed by atoms with Gasteiger partial charge < -0.3 is 10.0 Å². The number of aromatic nitrogens is 2. The van der Waals surface area contributed by atoms with Crippen LogP contribution in [0.1, 0.15) is 10.4 Å². The van der Waals surface area contributed by atoms with Crippen LogP contribution in [0.15, 0.2) is 6.07 Å². The summed E-state index contributed by atoms with van der Waals surface area (Å²) in [5.74, 6) is -0.899. The quantitative estimate of drug-likeness (QED) is 0.889. The second kappa shape index (κ2) is 5.29. The molecule has 0 saturated carbocycles. The van der Waals surface area contributed by atoms with Crippen molar-refractivity contribution in [2.45, 2.75) is 6.04 Å². The third kappa shape index (κ3) is 2.52. The van der Waals surface area contributed by atoms with Crippen molar-refractivity contribution in [1.82, 2.24) is 15.1 Å². The van der Waals surface area contributed by atoms with Crippen LogP contribution in [0.5, 0.6) is 0 Å². The predicted octanol–water partition coefficient (Wildman–Crippen LogP) is 1.38. The third-order valence-electron chi connectivity index (χ3n) is 2.38. The van der Waals surface area contributed by atoms with Gasteiger partial charge in [-0.05, 0) is 6.07 Å². The molecule has 1 N–H and O–H groups in total. The molecule has 0 aliphatic carbocycles. The lowest BCUT2D eigenvalue weighted by Gasteiger charge is -2.20. The molecular weight excluding hydrogens is 301 g/mol. The summed E-state index contributed by atoms with van der Waals surface area (Å²) in [4.78, 5) is 24.4. The second-order valence-corrected chi connectivity index (χ2v) is 5.25. The lowest BCUT2D eigenvalue weighted by atomic mass is 10.2. The van der Waals surface area contributed by atoms with Crippen LogP contribution < -0.4 is 0 Å². The minimum absolute atomic E-state index is 0.0291. The number of nitrogens with zero attached hydrogens (tertiary/aromatic N) is 3. The van der Waals surface area contributed by atoms with E-state index in [-0.39, 0.29) is 15.9 Å². The fourth-order valence-corrected chi connectivity index (χ4v) is 2.97. The van der Waals surface area contributed by atoms with Gasteiger partial charge in [0.25, 0.3) is 5.91 Å². The molecule has 0 unspecified atom stereocenters. The highest BCUT2D eigenvalue weighted by Gasteiger charge is 2.36. The Morgan fingerprint density at radius 3 is 2.83 bits per heavy atom. The summed E-state index contributed by atoms with van der Waals surface area (Å²) >= 11 is 12.8. The Bertz CT molecular complexity index is 514. The standard InChI is InChI=1S/C9H7Cl2N3O3S/c10-6-1-4(7(11)13-12-6)8(15)14-3-18-2-5(14)9(16)17/h1,5H,2-3H2,(H,16,17)/t5-/m0/s1. The van der Waals surface area contributed by atoms with E-state index in [0.29, 0.717) is 11.6 Å². The molecule has 9 heteroatoms. The van der Waals surface area contributed by atoms with E-state index in [9.17, 15) is 9.59 Å². The summed E-state index contributed by atoms with van der Waals surface area (Å²) in [7, 11) is 0. The molecule has 1 aliphatic rings. The summed E-state index contributed by atoms with van der Waals surface area (Å²) in [6, 6.07) is 0.423. The van der Waals surface area contributed by atoms with Crippen LogP contribution in [0.4, 0.5) is 0 Å². The number of hydrogen-bond acceptors (Lipinski definition) is 5. The van der Waals surface area contributed by atoms with E-state index in [2.05, 4.69) is 10.2 Å². The number of aliphatic carboxylic acids is 1. The van der Waals surface area contributed by atoms with Gasteiger partial charge >= 0.3 is 5.97 Å². The molecule has 1 aromatic rings. The van der Waals surface area contributed by atoms with Gasteiger partial charge in [0.15, 0.2) is 10.3 Å². The molecule has 6 nitrogen and oxygen atoms in total. The van der Waals surface area contributed by atoms with Crippen LogP contribution in [0, 0.1) is 0 Å². The second-order valence-electron chi connectivity index (χ2n) is 3.50. The Labute approximate surface area is 116 Å². The molecule has 1 aromatic heterocycles. The van der Waals surface area contributed by atoms with Crippen molar-refractivity contribution in [3.63, 3.8) is 0 Å². The van der Waals surface area contributed by atoms with E-state index in [1.54, 1.807) is 0 Å². The summed E-state index contributed by atoms with van der Waals surface area (Å²) < 4.78 is 0. The first kappa shape index (κ1) is 13.4. The minimum Gasteiger partial charge on any atom is -0.480 e. The number of carboxylic acids is 1. The molecule has 96 valence electrons. The van der Waals surface area contributed by atoms with Crippen LogP contribution >= 0.6 is 35.0 Å². The highest BCUT2D eigenvalue weighted by atomic mass is 35.5. The zero-order valence-corrected chi connectivity index (χ0v) is 11.2. The molecule has 0 aromatic carbocycles. The Kier molecular flexibility index (Phi) is 3.94. The number of rotatable bonds is 2. The molecule has 1 fully saturated rings. The van der Waals surface area contributed by atoms with Crippen molar-refractivity contribution in [2.75, 3.05) is 11.6 Å². The van der Waals surface area contributed by atoms with Crippen molar-refractivity contribution in [1.29, 1.82) is 0 Å². The van der Waals surface area contributed by atoms with Gasteiger partial charge in [0.1, 0.15) is 6.04 Å². The number of amides is 1. The van der Waals surface area contributed by atoms with E-state index in [0.717, 1.165) is 0 Å². The van der Waals surface area contributed by atoms with Crippen molar-refractivity contribution in [3.05, 3.63) is 21.9 Å². The molecule has 0 radical (unpaired) electrons. The van der Waals surface area contributed by atoms with E-state index in [1.807, 2.05) is 0 Å². The molecular formula is C9H7Cl2N3O3S. The van der Waals surface area contributed by atoms with E-state index >= 15 is 0 Å². The molecule has 1 atom stereocenters. The topological polar surface area (TPSA) is 83.4 Å². The number of carbonyl (C=O) groups excluding carboxylic acids is 1. The molecule has 2 heterocycles. The van der Waals surface area contributed by atoms with Gasteiger partial charge in [0.2, 0.25) is 0 Å². The molecule has 1 saturated heterocycles. The van der Waals surface area contributed by atoms with Crippen LogP contribution in [0.3, 0.4) is 0 Å². The van der Waals surface area contributed by atoms with Gasteiger partial charge in [0.05, 0.1) is 11.4 Å². The average molecular weight is 308 g/mol. The molecule has 0 bridgehead atoms. The average Bonchev–Trinajstić information content (AvgIpc) is 2.80. The van der Waals surface area contributed by atoms with E-state index in [1.165, 1.54) is 22.7 Å². The van der Waals surface area contributed by atoms with Crippen molar-refractivity contribution < 1.29 is 14.7 Å². The fourth-order valence-electron chi connectivity index (χ4n) is 1.51. The Morgan fingerprint density at radius 2 is 2.17 bits per heavy atom. The van der Waals surface area contributed by atoms with Crippen LogP contribution in [-0.4, -0.2) is 49.8 Å². The highest BCUT2D eigenvalue weighted by molar-refractivity contribution is 7.99. The molecule has 2 rings (SSSR count). The number of hydrogen-bond donors (Lipinski definition) is 1. The van der Waals surface area contributed by atoms with E-state index in [4.69, 9.17) is 28.3 Å². The number of carboxylic acid groups (broad SMARTS) is 1. The van der Waals surface area contributed by atoms with Crippen LogP contribution in [0.2, 0.25) is 10.3 Å². The van der Waals surface area contributed by atoms with Crippen molar-refractivity contribution in [3.8, 4) is 0 Å². The highest BCUT2D eigenvalue weighted by Crippen LogP contribution is 2.25. The van der Waals surface area contributed by atoms with Gasteiger partial charge in [-0.1, -0.05) is 23.2 Å². The van der Waals surface area contributed by atoms with Gasteiger partial charge in [-0.3, -0.25) is 4.79 Å². The number of carbonyl (C=O) groups is 2. The maximum absolute atomic E-state index is 12.2. The zero-order chi connectivity index (χ0) is 13.3. The first-order valence-corrected chi connectivity index (χ1v) is 6.72. The predicted molar refractivity (Wildman–Crippen MR) is 67.0 cm³/mol. The number of halogens is 2. The molecule has 0 spiro atoms. The van der Waals surface area contributed by atoms with Gasteiger partial charge in [-0.15, -0.1) is 22.0 Å². The third-order valence-corrected chi connectivity index (χ3v) is 3.85. The first-order chi connectivity index (χ1) is 8.50. The normalized spacial score (nSPS) is 19.0.